The van der Waals surface area contributed by atoms with Crippen molar-refractivity contribution in [3.63, 3.8) is 0 Å². The first-order chi connectivity index (χ1) is 12.0. The minimum atomic E-state index is -3.58. The first-order valence-corrected chi connectivity index (χ1v) is 9.88. The molecule has 0 aliphatic heterocycles. The van der Waals surface area contributed by atoms with Crippen LogP contribution in [0.1, 0.15) is 23.4 Å². The number of carbonyl (C=O) groups is 1. The molecule has 1 aromatic heterocycles. The highest BCUT2D eigenvalue weighted by Gasteiger charge is 2.26. The van der Waals surface area contributed by atoms with Gasteiger partial charge < -0.3 is 5.32 Å². The Kier molecular flexibility index (Phi) is 6.10. The number of rotatable bonds is 6. The quantitative estimate of drug-likeness (QED) is 0.810. The summed E-state index contributed by atoms with van der Waals surface area (Å²) in [6, 6.07) is 5.39. The van der Waals surface area contributed by atoms with E-state index in [0.717, 1.165) is 9.87 Å². The van der Waals surface area contributed by atoms with E-state index < -0.39 is 10.0 Å². The molecule has 1 N–H and O–H groups in total. The molecule has 1 heterocycles. The van der Waals surface area contributed by atoms with Crippen molar-refractivity contribution < 1.29 is 13.2 Å². The van der Waals surface area contributed by atoms with Gasteiger partial charge in [-0.05, 0) is 38.5 Å². The molecule has 0 saturated carbocycles. The Bertz CT molecular complexity index is 936. The maximum absolute atomic E-state index is 12.4. The number of nitrogens with zero attached hydrogens (tertiary/aromatic N) is 3. The van der Waals surface area contributed by atoms with E-state index in [-0.39, 0.29) is 23.8 Å². The van der Waals surface area contributed by atoms with Crippen LogP contribution in [0.5, 0.6) is 0 Å². The fourth-order valence-electron chi connectivity index (χ4n) is 2.60. The second-order valence-electron chi connectivity index (χ2n) is 6.29. The Hall–Kier alpha value is -1.90. The van der Waals surface area contributed by atoms with Crippen molar-refractivity contribution in [3.05, 3.63) is 40.2 Å². The van der Waals surface area contributed by atoms with Gasteiger partial charge in [0.15, 0.2) is 0 Å². The monoisotopic (exact) mass is 398 g/mol. The number of benzene rings is 1. The van der Waals surface area contributed by atoms with E-state index in [0.29, 0.717) is 22.1 Å². The predicted octanol–water partition coefficient (Wildman–Crippen LogP) is 2.74. The first-order valence-electron chi connectivity index (χ1n) is 8.06. The highest BCUT2D eigenvalue weighted by atomic mass is 35.5. The van der Waals surface area contributed by atoms with Gasteiger partial charge in [-0.1, -0.05) is 17.7 Å². The molecule has 0 bridgehead atoms. The minimum absolute atomic E-state index is 0.146. The number of halogens is 1. The van der Waals surface area contributed by atoms with Crippen LogP contribution in [-0.2, 0) is 21.4 Å². The van der Waals surface area contributed by atoms with Crippen LogP contribution in [0.3, 0.4) is 0 Å². The highest BCUT2D eigenvalue weighted by molar-refractivity contribution is 7.89. The van der Waals surface area contributed by atoms with E-state index in [1.807, 2.05) is 13.0 Å². The van der Waals surface area contributed by atoms with Gasteiger partial charge in [0.1, 0.15) is 4.90 Å². The van der Waals surface area contributed by atoms with Crippen molar-refractivity contribution >= 4 is 33.2 Å². The molecule has 0 aliphatic carbocycles. The van der Waals surface area contributed by atoms with Gasteiger partial charge in [-0.2, -0.15) is 5.10 Å². The number of nitrogens with one attached hydrogen (secondary N) is 1. The Labute approximate surface area is 159 Å². The van der Waals surface area contributed by atoms with Crippen molar-refractivity contribution in [2.24, 2.45) is 0 Å². The lowest BCUT2D eigenvalue weighted by Gasteiger charge is -2.12. The summed E-state index contributed by atoms with van der Waals surface area (Å²) in [5, 5.41) is 7.51. The van der Waals surface area contributed by atoms with Gasteiger partial charge in [0.2, 0.25) is 15.9 Å². The Morgan fingerprint density at radius 3 is 2.50 bits per heavy atom. The smallest absolute Gasteiger partial charge is 0.246 e. The van der Waals surface area contributed by atoms with E-state index in [4.69, 9.17) is 11.6 Å². The lowest BCUT2D eigenvalue weighted by Crippen LogP contribution is -2.23. The van der Waals surface area contributed by atoms with Crippen molar-refractivity contribution in [1.29, 1.82) is 0 Å². The largest absolute Gasteiger partial charge is 0.325 e. The molecule has 9 heteroatoms. The zero-order valence-electron chi connectivity index (χ0n) is 15.5. The van der Waals surface area contributed by atoms with Crippen molar-refractivity contribution in [1.82, 2.24) is 14.1 Å². The van der Waals surface area contributed by atoms with E-state index >= 15 is 0 Å². The topological polar surface area (TPSA) is 84.3 Å². The van der Waals surface area contributed by atoms with Gasteiger partial charge in [-0.15, -0.1) is 0 Å². The number of aryl methyl sites for hydroxylation is 3. The van der Waals surface area contributed by atoms with E-state index in [1.165, 1.54) is 14.1 Å². The molecule has 0 fully saturated rings. The molecule has 2 aromatic rings. The lowest BCUT2D eigenvalue weighted by atomic mass is 10.2. The molecule has 0 spiro atoms. The number of hydrogen-bond donors (Lipinski definition) is 1. The maximum Gasteiger partial charge on any atom is 0.246 e. The number of aromatic nitrogens is 2. The van der Waals surface area contributed by atoms with Gasteiger partial charge in [0, 0.05) is 20.5 Å². The molecule has 0 saturated heterocycles. The van der Waals surface area contributed by atoms with Crippen LogP contribution in [0.15, 0.2) is 23.1 Å². The third-order valence-corrected chi connectivity index (χ3v) is 6.38. The predicted molar refractivity (Wildman–Crippen MR) is 102 cm³/mol. The van der Waals surface area contributed by atoms with E-state index in [1.54, 1.807) is 30.7 Å². The molecule has 0 radical (unpaired) electrons. The normalized spacial score (nSPS) is 11.8. The number of anilines is 1. The van der Waals surface area contributed by atoms with Crippen LogP contribution in [0.2, 0.25) is 5.02 Å². The van der Waals surface area contributed by atoms with Gasteiger partial charge in [0.25, 0.3) is 0 Å². The van der Waals surface area contributed by atoms with Crippen LogP contribution in [0, 0.1) is 20.8 Å². The summed E-state index contributed by atoms with van der Waals surface area (Å²) in [6.07, 6.45) is 0.146. The summed E-state index contributed by atoms with van der Waals surface area (Å²) in [7, 11) is -0.629. The standard InChI is InChI=1S/C17H23ClN4O3S/c1-11-6-7-15(14(18)10-11)19-16(23)8-9-22-13(3)17(12(2)20-22)26(24,25)21(4)5/h6-7,10H,8-9H2,1-5H3,(H,19,23). The molecule has 26 heavy (non-hydrogen) atoms. The second kappa shape index (κ2) is 7.77. The summed E-state index contributed by atoms with van der Waals surface area (Å²) in [5.41, 5.74) is 2.48. The molecule has 0 aliphatic rings. The highest BCUT2D eigenvalue weighted by Crippen LogP contribution is 2.24. The molecular weight excluding hydrogens is 376 g/mol. The van der Waals surface area contributed by atoms with Crippen LogP contribution in [-0.4, -0.2) is 42.5 Å². The van der Waals surface area contributed by atoms with Gasteiger partial charge in [-0.3, -0.25) is 9.48 Å². The van der Waals surface area contributed by atoms with Crippen LogP contribution >= 0.6 is 11.6 Å². The summed E-state index contributed by atoms with van der Waals surface area (Å²) >= 11 is 6.12. The fraction of sp³-hybridized carbons (Fsp3) is 0.412. The van der Waals surface area contributed by atoms with Crippen molar-refractivity contribution in [2.45, 2.75) is 38.6 Å². The Morgan fingerprint density at radius 1 is 1.27 bits per heavy atom. The van der Waals surface area contributed by atoms with Gasteiger partial charge in [0.05, 0.1) is 28.6 Å². The Balaban J connectivity index is 2.12. The lowest BCUT2D eigenvalue weighted by molar-refractivity contribution is -0.116. The van der Waals surface area contributed by atoms with Crippen molar-refractivity contribution in [3.8, 4) is 0 Å². The molecule has 1 amide bonds. The number of sulfonamides is 1. The van der Waals surface area contributed by atoms with Crippen LogP contribution in [0.4, 0.5) is 5.69 Å². The molecule has 1 aromatic carbocycles. The molecule has 7 nitrogen and oxygen atoms in total. The summed E-state index contributed by atoms with van der Waals surface area (Å²) < 4.78 is 27.5. The van der Waals surface area contributed by atoms with Crippen molar-refractivity contribution in [2.75, 3.05) is 19.4 Å². The van der Waals surface area contributed by atoms with Gasteiger partial charge in [-0.25, -0.2) is 12.7 Å². The van der Waals surface area contributed by atoms with Crippen LogP contribution < -0.4 is 5.32 Å². The van der Waals surface area contributed by atoms with Crippen LogP contribution in [0.25, 0.3) is 0 Å². The Morgan fingerprint density at radius 2 is 1.92 bits per heavy atom. The average molecular weight is 399 g/mol. The van der Waals surface area contributed by atoms with E-state index in [9.17, 15) is 13.2 Å². The SMILES string of the molecule is Cc1ccc(NC(=O)CCn2nc(C)c(S(=O)(=O)N(C)C)c2C)c(Cl)c1. The zero-order chi connectivity index (χ0) is 19.6. The molecule has 0 atom stereocenters. The summed E-state index contributed by atoms with van der Waals surface area (Å²) in [4.78, 5) is 12.4. The fourth-order valence-corrected chi connectivity index (χ4v) is 4.14. The molecule has 0 unspecified atom stereocenters. The summed E-state index contributed by atoms with van der Waals surface area (Å²) in [6.45, 7) is 5.52. The maximum atomic E-state index is 12.4. The molecule has 2 rings (SSSR count). The molecular formula is C17H23ClN4O3S. The third kappa shape index (κ3) is 4.25. The van der Waals surface area contributed by atoms with E-state index in [2.05, 4.69) is 10.4 Å². The van der Waals surface area contributed by atoms with Gasteiger partial charge >= 0.3 is 0 Å². The zero-order valence-corrected chi connectivity index (χ0v) is 17.1. The molecule has 142 valence electrons. The summed E-state index contributed by atoms with van der Waals surface area (Å²) in [5.74, 6) is -0.222. The minimum Gasteiger partial charge on any atom is -0.325 e. The number of carbonyl (C=O) groups excluding carboxylic acids is 1. The number of amides is 1. The first kappa shape index (κ1) is 20.4. The number of hydrogen-bond acceptors (Lipinski definition) is 4. The second-order valence-corrected chi connectivity index (χ2v) is 8.79. The third-order valence-electron chi connectivity index (χ3n) is 4.00. The average Bonchev–Trinajstić information content (AvgIpc) is 2.82.